The molecular formula is C23H36ClNO. The highest BCUT2D eigenvalue weighted by Gasteiger charge is 2.10. The van der Waals surface area contributed by atoms with Gasteiger partial charge in [-0.15, -0.1) is 6.58 Å². The number of ether oxygens (including phenoxy) is 1. The number of hydrogen-bond acceptors (Lipinski definition) is 2. The molecule has 0 heterocycles. The van der Waals surface area contributed by atoms with Gasteiger partial charge in [-0.1, -0.05) is 55.3 Å². The number of hydrogen-bond donors (Lipinski definition) is 1. The molecule has 0 saturated carbocycles. The van der Waals surface area contributed by atoms with Gasteiger partial charge in [-0.2, -0.15) is 0 Å². The van der Waals surface area contributed by atoms with E-state index in [-0.39, 0.29) is 0 Å². The Labute approximate surface area is 165 Å². The molecule has 0 aliphatic heterocycles. The maximum Gasteiger partial charge on any atom is 0.0465 e. The number of nitrogens with one attached hydrogen (secondary N) is 1. The topological polar surface area (TPSA) is 21.3 Å². The third-order valence-electron chi connectivity index (χ3n) is 4.82. The lowest BCUT2D eigenvalue weighted by atomic mass is 9.93. The maximum absolute atomic E-state index is 6.60. The lowest BCUT2D eigenvalue weighted by Gasteiger charge is -2.15. The molecule has 0 aliphatic rings. The molecule has 0 aromatic heterocycles. The van der Waals surface area contributed by atoms with Gasteiger partial charge >= 0.3 is 0 Å². The second-order valence-corrected chi connectivity index (χ2v) is 7.65. The first-order valence-corrected chi connectivity index (χ1v) is 10.1. The van der Waals surface area contributed by atoms with Crippen LogP contribution in [0.5, 0.6) is 0 Å². The smallest absolute Gasteiger partial charge is 0.0465 e. The monoisotopic (exact) mass is 377 g/mol. The SMILES string of the molecule is C=CC(C)C/C(=C/c1ccc([C@@H](C)CCCNC)c(Cl)c1)CCCOC. The van der Waals surface area contributed by atoms with Crippen LogP contribution < -0.4 is 5.32 Å². The zero-order valence-corrected chi connectivity index (χ0v) is 17.7. The van der Waals surface area contributed by atoms with Gasteiger partial charge in [0, 0.05) is 18.7 Å². The van der Waals surface area contributed by atoms with Gasteiger partial charge in [0.25, 0.3) is 0 Å². The maximum atomic E-state index is 6.60. The minimum atomic E-state index is 0.478. The fraction of sp³-hybridized carbons (Fsp3) is 0.565. The zero-order valence-electron chi connectivity index (χ0n) is 17.0. The fourth-order valence-corrected chi connectivity index (χ4v) is 3.56. The summed E-state index contributed by atoms with van der Waals surface area (Å²) >= 11 is 6.60. The van der Waals surface area contributed by atoms with Crippen LogP contribution in [0.3, 0.4) is 0 Å². The van der Waals surface area contributed by atoms with Crippen molar-refractivity contribution in [3.63, 3.8) is 0 Å². The molecule has 0 saturated heterocycles. The number of allylic oxidation sites excluding steroid dienone is 2. The fourth-order valence-electron chi connectivity index (χ4n) is 3.18. The van der Waals surface area contributed by atoms with Crippen LogP contribution in [0.1, 0.15) is 63.0 Å². The van der Waals surface area contributed by atoms with Gasteiger partial charge in [-0.25, -0.2) is 0 Å². The summed E-state index contributed by atoms with van der Waals surface area (Å²) in [4.78, 5) is 0. The third-order valence-corrected chi connectivity index (χ3v) is 5.15. The van der Waals surface area contributed by atoms with Crippen molar-refractivity contribution in [2.75, 3.05) is 27.3 Å². The van der Waals surface area contributed by atoms with Gasteiger partial charge < -0.3 is 10.1 Å². The number of halogens is 1. The summed E-state index contributed by atoms with van der Waals surface area (Å²) in [6.07, 6.45) is 9.75. The van der Waals surface area contributed by atoms with Crippen molar-refractivity contribution in [2.24, 2.45) is 5.92 Å². The Bertz CT molecular complexity index is 567. The summed E-state index contributed by atoms with van der Waals surface area (Å²) in [6.45, 7) is 10.2. The van der Waals surface area contributed by atoms with Gasteiger partial charge in [0.2, 0.25) is 0 Å². The summed E-state index contributed by atoms with van der Waals surface area (Å²) in [7, 11) is 3.75. The van der Waals surface area contributed by atoms with Gasteiger partial charge in [0.15, 0.2) is 0 Å². The Morgan fingerprint density at radius 1 is 1.31 bits per heavy atom. The summed E-state index contributed by atoms with van der Waals surface area (Å²) < 4.78 is 5.20. The summed E-state index contributed by atoms with van der Waals surface area (Å²) in [5.41, 5.74) is 3.87. The van der Waals surface area contributed by atoms with E-state index in [0.717, 1.165) is 43.9 Å². The standard InChI is InChI=1S/C23H36ClNO/c1-6-18(2)15-20(10-8-14-26-5)16-21-11-12-22(23(24)17-21)19(3)9-7-13-25-4/h6,11-12,16-19,25H,1,7-10,13-15H2,2-5H3/b20-16+/t18?,19-/m0/s1. The first-order chi connectivity index (χ1) is 12.5. The second-order valence-electron chi connectivity index (χ2n) is 7.24. The molecule has 26 heavy (non-hydrogen) atoms. The average molecular weight is 378 g/mol. The molecule has 1 rings (SSSR count). The summed E-state index contributed by atoms with van der Waals surface area (Å²) in [6, 6.07) is 6.51. The lowest BCUT2D eigenvalue weighted by Crippen LogP contribution is -2.08. The van der Waals surface area contributed by atoms with Crippen molar-refractivity contribution >= 4 is 17.7 Å². The van der Waals surface area contributed by atoms with Crippen molar-refractivity contribution < 1.29 is 4.74 Å². The largest absolute Gasteiger partial charge is 0.385 e. The Balaban J connectivity index is 2.87. The van der Waals surface area contributed by atoms with E-state index in [1.807, 2.05) is 13.1 Å². The molecule has 146 valence electrons. The predicted molar refractivity (Wildman–Crippen MR) is 116 cm³/mol. The minimum Gasteiger partial charge on any atom is -0.385 e. The first-order valence-electron chi connectivity index (χ1n) is 9.76. The molecule has 1 aromatic rings. The Morgan fingerprint density at radius 2 is 2.08 bits per heavy atom. The molecule has 0 amide bonds. The van der Waals surface area contributed by atoms with Crippen molar-refractivity contribution in [3.05, 3.63) is 52.6 Å². The van der Waals surface area contributed by atoms with E-state index >= 15 is 0 Å². The van der Waals surface area contributed by atoms with E-state index in [4.69, 9.17) is 16.3 Å². The van der Waals surface area contributed by atoms with E-state index in [0.29, 0.717) is 11.8 Å². The van der Waals surface area contributed by atoms with Crippen molar-refractivity contribution in [2.45, 2.75) is 51.9 Å². The second kappa shape index (κ2) is 13.1. The van der Waals surface area contributed by atoms with E-state index in [1.165, 1.54) is 23.1 Å². The third kappa shape index (κ3) is 8.53. The van der Waals surface area contributed by atoms with Gasteiger partial charge in [-0.3, -0.25) is 0 Å². The molecule has 2 atom stereocenters. The lowest BCUT2D eigenvalue weighted by molar-refractivity contribution is 0.195. The van der Waals surface area contributed by atoms with Crippen molar-refractivity contribution in [3.8, 4) is 0 Å². The zero-order chi connectivity index (χ0) is 19.4. The van der Waals surface area contributed by atoms with Gasteiger partial charge in [-0.05, 0) is 74.7 Å². The minimum absolute atomic E-state index is 0.478. The van der Waals surface area contributed by atoms with Crippen LogP contribution in [0.2, 0.25) is 5.02 Å². The predicted octanol–water partition coefficient (Wildman–Crippen LogP) is 6.47. The molecule has 0 fully saturated rings. The van der Waals surface area contributed by atoms with Crippen LogP contribution in [0, 0.1) is 5.92 Å². The first kappa shape index (κ1) is 23.0. The molecule has 0 radical (unpaired) electrons. The number of rotatable bonds is 13. The molecular weight excluding hydrogens is 342 g/mol. The average Bonchev–Trinajstić information content (AvgIpc) is 2.61. The highest BCUT2D eigenvalue weighted by atomic mass is 35.5. The van der Waals surface area contributed by atoms with Gasteiger partial charge in [0.05, 0.1) is 0 Å². The Hall–Kier alpha value is -1.09. The van der Waals surface area contributed by atoms with Crippen LogP contribution in [-0.4, -0.2) is 27.3 Å². The van der Waals surface area contributed by atoms with Crippen LogP contribution in [-0.2, 0) is 4.74 Å². The molecule has 3 heteroatoms. The number of benzene rings is 1. The molecule has 2 nitrogen and oxygen atoms in total. The van der Waals surface area contributed by atoms with E-state index in [2.05, 4.69) is 50.0 Å². The van der Waals surface area contributed by atoms with Crippen LogP contribution in [0.15, 0.2) is 36.4 Å². The van der Waals surface area contributed by atoms with Gasteiger partial charge in [0.1, 0.15) is 0 Å². The quantitative estimate of drug-likeness (QED) is 0.314. The number of methoxy groups -OCH3 is 1. The van der Waals surface area contributed by atoms with Crippen LogP contribution in [0.4, 0.5) is 0 Å². The molecule has 0 bridgehead atoms. The van der Waals surface area contributed by atoms with E-state index in [1.54, 1.807) is 7.11 Å². The van der Waals surface area contributed by atoms with E-state index < -0.39 is 0 Å². The Morgan fingerprint density at radius 3 is 2.69 bits per heavy atom. The van der Waals surface area contributed by atoms with Crippen LogP contribution >= 0.6 is 11.6 Å². The van der Waals surface area contributed by atoms with Crippen LogP contribution in [0.25, 0.3) is 6.08 Å². The molecule has 1 unspecified atom stereocenters. The van der Waals surface area contributed by atoms with E-state index in [9.17, 15) is 0 Å². The van der Waals surface area contributed by atoms with Crippen molar-refractivity contribution in [1.29, 1.82) is 0 Å². The molecule has 0 spiro atoms. The Kier molecular flexibility index (Phi) is 11.6. The summed E-state index contributed by atoms with van der Waals surface area (Å²) in [5.74, 6) is 0.960. The molecule has 1 N–H and O–H groups in total. The molecule has 1 aromatic carbocycles. The normalized spacial score (nSPS) is 14.3. The molecule has 0 aliphatic carbocycles. The summed E-state index contributed by atoms with van der Waals surface area (Å²) in [5, 5.41) is 4.08. The highest BCUT2D eigenvalue weighted by molar-refractivity contribution is 6.31. The highest BCUT2D eigenvalue weighted by Crippen LogP contribution is 2.30. The van der Waals surface area contributed by atoms with Crippen molar-refractivity contribution in [1.82, 2.24) is 5.32 Å².